The van der Waals surface area contributed by atoms with Crippen molar-refractivity contribution in [2.75, 3.05) is 6.61 Å². The van der Waals surface area contributed by atoms with Gasteiger partial charge in [-0.15, -0.1) is 0 Å². The highest BCUT2D eigenvalue weighted by atomic mass is 16.5. The van der Waals surface area contributed by atoms with Crippen LogP contribution >= 0.6 is 0 Å². The Labute approximate surface area is 158 Å². The van der Waals surface area contributed by atoms with Gasteiger partial charge in [-0.2, -0.15) is 4.98 Å². The Hall–Kier alpha value is -3.15. The van der Waals surface area contributed by atoms with Crippen molar-refractivity contribution in [3.05, 3.63) is 65.5 Å². The molecule has 1 heterocycles. The van der Waals surface area contributed by atoms with Gasteiger partial charge in [0.25, 0.3) is 0 Å². The normalized spacial score (nSPS) is 10.6. The van der Waals surface area contributed by atoms with Crippen LogP contribution in [0.5, 0.6) is 5.75 Å². The third-order valence-corrected chi connectivity index (χ3v) is 4.07. The second-order valence-electron chi connectivity index (χ2n) is 6.23. The lowest BCUT2D eigenvalue weighted by Crippen LogP contribution is -2.23. The molecule has 0 aliphatic carbocycles. The summed E-state index contributed by atoms with van der Waals surface area (Å²) in [5.41, 5.74) is 3.09. The van der Waals surface area contributed by atoms with E-state index in [2.05, 4.69) is 15.5 Å². The van der Waals surface area contributed by atoms with E-state index < -0.39 is 0 Å². The molecule has 27 heavy (non-hydrogen) atoms. The number of nitrogens with one attached hydrogen (secondary N) is 1. The van der Waals surface area contributed by atoms with Crippen molar-refractivity contribution in [1.82, 2.24) is 15.5 Å². The van der Waals surface area contributed by atoms with E-state index in [1.807, 2.05) is 62.4 Å². The topological polar surface area (TPSA) is 77.2 Å². The van der Waals surface area contributed by atoms with Crippen LogP contribution in [-0.2, 0) is 17.8 Å². The van der Waals surface area contributed by atoms with Gasteiger partial charge >= 0.3 is 0 Å². The summed E-state index contributed by atoms with van der Waals surface area (Å²) in [5.74, 6) is 1.77. The number of ether oxygens (including phenoxy) is 1. The minimum absolute atomic E-state index is 0.0565. The van der Waals surface area contributed by atoms with E-state index in [4.69, 9.17) is 9.26 Å². The van der Waals surface area contributed by atoms with Crippen LogP contribution in [0.25, 0.3) is 11.4 Å². The van der Waals surface area contributed by atoms with Crippen LogP contribution in [0.15, 0.2) is 53.1 Å². The number of carbonyl (C=O) groups excluding carboxylic acids is 1. The molecule has 0 saturated carbocycles. The highest BCUT2D eigenvalue weighted by molar-refractivity contribution is 5.76. The van der Waals surface area contributed by atoms with Gasteiger partial charge in [-0.25, -0.2) is 0 Å². The van der Waals surface area contributed by atoms with Gasteiger partial charge in [0.2, 0.25) is 17.6 Å². The maximum Gasteiger partial charge on any atom is 0.227 e. The molecule has 0 unspecified atom stereocenters. The molecule has 0 aliphatic rings. The van der Waals surface area contributed by atoms with Gasteiger partial charge in [-0.1, -0.05) is 47.1 Å². The highest BCUT2D eigenvalue weighted by Crippen LogP contribution is 2.17. The zero-order valence-electron chi connectivity index (χ0n) is 15.6. The first-order chi connectivity index (χ1) is 13.1. The Morgan fingerprint density at radius 2 is 1.85 bits per heavy atom. The maximum absolute atomic E-state index is 12.0. The molecule has 0 spiro atoms. The number of rotatable bonds is 8. The number of nitrogens with zero attached hydrogens (tertiary/aromatic N) is 2. The van der Waals surface area contributed by atoms with Crippen LogP contribution in [0.4, 0.5) is 0 Å². The minimum Gasteiger partial charge on any atom is -0.494 e. The lowest BCUT2D eigenvalue weighted by atomic mass is 10.1. The molecule has 1 N–H and O–H groups in total. The quantitative estimate of drug-likeness (QED) is 0.659. The van der Waals surface area contributed by atoms with Gasteiger partial charge in [0.05, 0.1) is 6.61 Å². The smallest absolute Gasteiger partial charge is 0.227 e. The predicted molar refractivity (Wildman–Crippen MR) is 102 cm³/mol. The SMILES string of the molecule is CCOc1ccc(CNC(=O)CCc2nc(-c3ccc(C)cc3)no2)cc1. The average Bonchev–Trinajstić information content (AvgIpc) is 3.16. The lowest BCUT2D eigenvalue weighted by Gasteiger charge is -2.06. The van der Waals surface area contributed by atoms with E-state index in [1.54, 1.807) is 0 Å². The molecule has 3 rings (SSSR count). The van der Waals surface area contributed by atoms with E-state index in [0.29, 0.717) is 37.7 Å². The van der Waals surface area contributed by atoms with Gasteiger partial charge < -0.3 is 14.6 Å². The molecule has 6 nitrogen and oxygen atoms in total. The lowest BCUT2D eigenvalue weighted by molar-refractivity contribution is -0.121. The Morgan fingerprint density at radius 1 is 1.11 bits per heavy atom. The van der Waals surface area contributed by atoms with E-state index in [1.165, 1.54) is 5.56 Å². The second kappa shape index (κ2) is 8.98. The van der Waals surface area contributed by atoms with Crippen LogP contribution in [0.2, 0.25) is 0 Å². The van der Waals surface area contributed by atoms with Crippen molar-refractivity contribution in [2.24, 2.45) is 0 Å². The van der Waals surface area contributed by atoms with Crippen LogP contribution in [0.1, 0.15) is 30.4 Å². The molecule has 3 aromatic rings. The van der Waals surface area contributed by atoms with E-state index in [-0.39, 0.29) is 5.91 Å². The third-order valence-electron chi connectivity index (χ3n) is 4.07. The number of hydrogen-bond donors (Lipinski definition) is 1. The zero-order chi connectivity index (χ0) is 19.1. The summed E-state index contributed by atoms with van der Waals surface area (Å²) in [5, 5.41) is 6.88. The Morgan fingerprint density at radius 3 is 2.56 bits per heavy atom. The van der Waals surface area contributed by atoms with Crippen molar-refractivity contribution in [2.45, 2.75) is 33.2 Å². The molecule has 140 valence electrons. The predicted octanol–water partition coefficient (Wildman–Crippen LogP) is 3.69. The molecule has 0 aliphatic heterocycles. The van der Waals surface area contributed by atoms with Crippen LogP contribution in [0, 0.1) is 6.92 Å². The first-order valence-electron chi connectivity index (χ1n) is 9.02. The van der Waals surface area contributed by atoms with Gasteiger partial charge in [-0.3, -0.25) is 4.79 Å². The first-order valence-corrected chi connectivity index (χ1v) is 9.02. The molecular formula is C21H23N3O3. The number of aryl methyl sites for hydroxylation is 2. The zero-order valence-corrected chi connectivity index (χ0v) is 15.6. The molecule has 0 atom stereocenters. The van der Waals surface area contributed by atoms with E-state index in [0.717, 1.165) is 16.9 Å². The molecule has 2 aromatic carbocycles. The van der Waals surface area contributed by atoms with E-state index in [9.17, 15) is 4.79 Å². The van der Waals surface area contributed by atoms with Crippen LogP contribution in [-0.4, -0.2) is 22.7 Å². The van der Waals surface area contributed by atoms with Gasteiger partial charge in [0, 0.05) is 24.9 Å². The van der Waals surface area contributed by atoms with Crippen LogP contribution < -0.4 is 10.1 Å². The number of amides is 1. The van der Waals surface area contributed by atoms with Crippen molar-refractivity contribution >= 4 is 5.91 Å². The summed E-state index contributed by atoms with van der Waals surface area (Å²) in [6, 6.07) is 15.6. The molecule has 1 aromatic heterocycles. The highest BCUT2D eigenvalue weighted by Gasteiger charge is 2.10. The largest absolute Gasteiger partial charge is 0.494 e. The van der Waals surface area contributed by atoms with Crippen LogP contribution in [0.3, 0.4) is 0 Å². The summed E-state index contributed by atoms with van der Waals surface area (Å²) >= 11 is 0. The summed E-state index contributed by atoms with van der Waals surface area (Å²) in [6.45, 7) is 5.08. The minimum atomic E-state index is -0.0565. The summed E-state index contributed by atoms with van der Waals surface area (Å²) in [4.78, 5) is 16.4. The molecule has 0 radical (unpaired) electrons. The van der Waals surface area contributed by atoms with Gasteiger partial charge in [0.1, 0.15) is 5.75 Å². The number of aromatic nitrogens is 2. The number of carbonyl (C=O) groups is 1. The maximum atomic E-state index is 12.0. The fraction of sp³-hybridized carbons (Fsp3) is 0.286. The second-order valence-corrected chi connectivity index (χ2v) is 6.23. The van der Waals surface area contributed by atoms with Crippen molar-refractivity contribution in [1.29, 1.82) is 0 Å². The Bertz CT molecular complexity index is 870. The number of hydrogen-bond acceptors (Lipinski definition) is 5. The monoisotopic (exact) mass is 365 g/mol. The molecule has 0 saturated heterocycles. The fourth-order valence-corrected chi connectivity index (χ4v) is 2.56. The standard InChI is InChI=1S/C21H23N3O3/c1-3-26-18-10-6-16(7-11-18)14-22-19(25)12-13-20-23-21(24-27-20)17-8-4-15(2)5-9-17/h4-11H,3,12-14H2,1-2H3,(H,22,25). The van der Waals surface area contributed by atoms with Gasteiger partial charge in [-0.05, 0) is 31.5 Å². The van der Waals surface area contributed by atoms with Crippen molar-refractivity contribution in [3.63, 3.8) is 0 Å². The molecule has 0 fully saturated rings. The average molecular weight is 365 g/mol. The molecule has 6 heteroatoms. The summed E-state index contributed by atoms with van der Waals surface area (Å²) in [6.07, 6.45) is 0.709. The van der Waals surface area contributed by atoms with Crippen molar-refractivity contribution in [3.8, 4) is 17.1 Å². The third kappa shape index (κ3) is 5.41. The number of benzene rings is 2. The van der Waals surface area contributed by atoms with E-state index >= 15 is 0 Å². The molecule has 0 bridgehead atoms. The Kier molecular flexibility index (Phi) is 6.20. The summed E-state index contributed by atoms with van der Waals surface area (Å²) < 4.78 is 10.6. The van der Waals surface area contributed by atoms with Crippen molar-refractivity contribution < 1.29 is 14.1 Å². The molecule has 1 amide bonds. The molecular weight excluding hydrogens is 342 g/mol. The first kappa shape index (κ1) is 18.6. The Balaban J connectivity index is 1.46. The summed E-state index contributed by atoms with van der Waals surface area (Å²) in [7, 11) is 0. The fourth-order valence-electron chi connectivity index (χ4n) is 2.56. The van der Waals surface area contributed by atoms with Gasteiger partial charge in [0.15, 0.2) is 0 Å².